The van der Waals surface area contributed by atoms with Crippen LogP contribution in [-0.4, -0.2) is 22.8 Å². The van der Waals surface area contributed by atoms with Crippen molar-refractivity contribution in [2.75, 3.05) is 0 Å². The first-order valence-corrected chi connectivity index (χ1v) is 10.2. The lowest BCUT2D eigenvalue weighted by Gasteiger charge is -2.33. The lowest BCUT2D eigenvalue weighted by atomic mass is 9.73. The predicted octanol–water partition coefficient (Wildman–Crippen LogP) is 4.87. The second-order valence-electron chi connectivity index (χ2n) is 8.32. The minimum atomic E-state index is -0.366. The summed E-state index contributed by atoms with van der Waals surface area (Å²) in [7, 11) is 0. The molecule has 3 nitrogen and oxygen atoms in total. The van der Waals surface area contributed by atoms with Gasteiger partial charge in [-0.3, -0.25) is 14.5 Å². The maximum Gasteiger partial charge on any atom is 0.238 e. The van der Waals surface area contributed by atoms with E-state index in [0.29, 0.717) is 5.92 Å². The summed E-state index contributed by atoms with van der Waals surface area (Å²) in [6.45, 7) is 2.08. The topological polar surface area (TPSA) is 37.4 Å². The van der Waals surface area contributed by atoms with Gasteiger partial charge >= 0.3 is 0 Å². The average Bonchev–Trinajstić information content (AvgIpc) is 2.99. The first kappa shape index (κ1) is 16.7. The summed E-state index contributed by atoms with van der Waals surface area (Å²) in [6.07, 6.45) is 5.95. The summed E-state index contributed by atoms with van der Waals surface area (Å²) in [6, 6.07) is 16.2. The minimum absolute atomic E-state index is 0.00442. The van der Waals surface area contributed by atoms with Crippen molar-refractivity contribution in [1.82, 2.24) is 4.90 Å². The number of carbonyl (C=O) groups excluding carboxylic acids is 2. The van der Waals surface area contributed by atoms with Crippen LogP contribution in [0.5, 0.6) is 0 Å². The molecule has 0 radical (unpaired) electrons. The summed E-state index contributed by atoms with van der Waals surface area (Å²) in [5, 5.41) is 0. The molecule has 0 bridgehead atoms. The van der Waals surface area contributed by atoms with Crippen LogP contribution in [-0.2, 0) is 9.59 Å². The molecule has 3 aliphatic rings. The monoisotopic (exact) mass is 359 g/mol. The van der Waals surface area contributed by atoms with Crippen LogP contribution in [0.15, 0.2) is 48.5 Å². The highest BCUT2D eigenvalue weighted by atomic mass is 16.2. The second-order valence-corrected chi connectivity index (χ2v) is 8.32. The number of benzene rings is 2. The van der Waals surface area contributed by atoms with Crippen molar-refractivity contribution in [2.24, 2.45) is 5.92 Å². The van der Waals surface area contributed by atoms with Crippen molar-refractivity contribution >= 4 is 11.8 Å². The summed E-state index contributed by atoms with van der Waals surface area (Å²) >= 11 is 0. The predicted molar refractivity (Wildman–Crippen MR) is 105 cm³/mol. The van der Waals surface area contributed by atoms with E-state index in [2.05, 4.69) is 19.1 Å². The van der Waals surface area contributed by atoms with E-state index in [0.717, 1.165) is 35.1 Å². The van der Waals surface area contributed by atoms with Gasteiger partial charge in [-0.1, -0.05) is 67.8 Å². The molecule has 1 saturated carbocycles. The van der Waals surface area contributed by atoms with Crippen LogP contribution in [0.25, 0.3) is 11.1 Å². The molecular formula is C24H25NO2. The van der Waals surface area contributed by atoms with E-state index in [1.807, 2.05) is 36.4 Å². The lowest BCUT2D eigenvalue weighted by Crippen LogP contribution is -2.43. The molecule has 2 fully saturated rings. The van der Waals surface area contributed by atoms with Gasteiger partial charge in [-0.05, 0) is 47.9 Å². The van der Waals surface area contributed by atoms with Crippen LogP contribution in [0.1, 0.15) is 62.0 Å². The molecule has 1 aliphatic heterocycles. The molecule has 1 saturated heterocycles. The van der Waals surface area contributed by atoms with Crippen LogP contribution in [0.2, 0.25) is 0 Å². The Labute approximate surface area is 160 Å². The summed E-state index contributed by atoms with van der Waals surface area (Å²) in [5.41, 5.74) is 4.22. The van der Waals surface area contributed by atoms with Gasteiger partial charge in [-0.25, -0.2) is 0 Å². The molecule has 2 aliphatic carbocycles. The number of carbonyl (C=O) groups is 2. The zero-order valence-electron chi connectivity index (χ0n) is 15.7. The van der Waals surface area contributed by atoms with Crippen molar-refractivity contribution in [1.29, 1.82) is 0 Å². The fraction of sp³-hybridized carbons (Fsp3) is 0.417. The van der Waals surface area contributed by atoms with E-state index >= 15 is 0 Å². The third kappa shape index (κ3) is 2.40. The third-order valence-corrected chi connectivity index (χ3v) is 6.96. The van der Waals surface area contributed by atoms with E-state index in [4.69, 9.17) is 0 Å². The van der Waals surface area contributed by atoms with E-state index < -0.39 is 0 Å². The summed E-state index contributed by atoms with van der Waals surface area (Å²) in [4.78, 5) is 28.7. The highest BCUT2D eigenvalue weighted by Gasteiger charge is 2.54. The first-order valence-electron chi connectivity index (χ1n) is 10.2. The van der Waals surface area contributed by atoms with Crippen molar-refractivity contribution in [3.05, 3.63) is 59.7 Å². The summed E-state index contributed by atoms with van der Waals surface area (Å²) < 4.78 is 0. The van der Waals surface area contributed by atoms with Gasteiger partial charge in [0.25, 0.3) is 0 Å². The van der Waals surface area contributed by atoms with Gasteiger partial charge < -0.3 is 0 Å². The number of amides is 2. The first-order chi connectivity index (χ1) is 13.2. The SMILES string of the molecule is C[C@H](C1CCCCC1)N1C(=O)[C@@H]2c3ccccc3-c3ccccc3[C@@H]2C1=O. The Kier molecular flexibility index (Phi) is 3.92. The molecule has 3 heteroatoms. The number of likely N-dealkylation sites (tertiary alicyclic amines) is 1. The van der Waals surface area contributed by atoms with E-state index in [-0.39, 0.29) is 29.7 Å². The molecule has 2 aromatic carbocycles. The quantitative estimate of drug-likeness (QED) is 0.717. The zero-order valence-corrected chi connectivity index (χ0v) is 15.7. The number of rotatable bonds is 2. The highest BCUT2D eigenvalue weighted by Crippen LogP contribution is 2.52. The number of imide groups is 1. The standard InChI is InChI=1S/C24H25NO2/c1-15(16-9-3-2-4-10-16)25-23(26)21-19-13-7-5-11-17(19)18-12-6-8-14-20(18)22(21)24(25)27/h5-8,11-16,21-22H,2-4,9-10H2,1H3/t15-,21-,22+/m1/s1. The van der Waals surface area contributed by atoms with Crippen molar-refractivity contribution in [3.8, 4) is 11.1 Å². The van der Waals surface area contributed by atoms with Gasteiger partial charge in [0.05, 0.1) is 11.8 Å². The molecular weight excluding hydrogens is 334 g/mol. The molecule has 2 aromatic rings. The fourth-order valence-electron chi connectivity index (χ4n) is 5.57. The maximum absolute atomic E-state index is 13.5. The van der Waals surface area contributed by atoms with Crippen molar-refractivity contribution in [3.63, 3.8) is 0 Å². The molecule has 3 atom stereocenters. The average molecular weight is 359 g/mol. The van der Waals surface area contributed by atoms with Crippen molar-refractivity contribution in [2.45, 2.75) is 56.9 Å². The molecule has 27 heavy (non-hydrogen) atoms. The Hall–Kier alpha value is -2.42. The van der Waals surface area contributed by atoms with Crippen LogP contribution < -0.4 is 0 Å². The zero-order chi connectivity index (χ0) is 18.5. The van der Waals surface area contributed by atoms with Crippen LogP contribution >= 0.6 is 0 Å². The van der Waals surface area contributed by atoms with Gasteiger partial charge in [-0.15, -0.1) is 0 Å². The van der Waals surface area contributed by atoms with Crippen molar-refractivity contribution < 1.29 is 9.59 Å². The Bertz CT molecular complexity index is 849. The van der Waals surface area contributed by atoms with Crippen LogP contribution in [0, 0.1) is 5.92 Å². The molecule has 5 rings (SSSR count). The molecule has 1 heterocycles. The molecule has 0 unspecified atom stereocenters. The van der Waals surface area contributed by atoms with Gasteiger partial charge in [0.2, 0.25) is 11.8 Å². The van der Waals surface area contributed by atoms with E-state index in [1.165, 1.54) is 19.3 Å². The van der Waals surface area contributed by atoms with E-state index in [1.54, 1.807) is 4.90 Å². The second kappa shape index (κ2) is 6.33. The minimum Gasteiger partial charge on any atom is -0.278 e. The highest BCUT2D eigenvalue weighted by molar-refractivity contribution is 6.13. The maximum atomic E-state index is 13.5. The van der Waals surface area contributed by atoms with Crippen LogP contribution in [0.3, 0.4) is 0 Å². The number of hydrogen-bond acceptors (Lipinski definition) is 2. The largest absolute Gasteiger partial charge is 0.278 e. The van der Waals surface area contributed by atoms with Crippen LogP contribution in [0.4, 0.5) is 0 Å². The van der Waals surface area contributed by atoms with Gasteiger partial charge in [-0.2, -0.15) is 0 Å². The van der Waals surface area contributed by atoms with Gasteiger partial charge in [0.1, 0.15) is 0 Å². The molecule has 0 aromatic heterocycles. The Morgan fingerprint density at radius 3 is 1.78 bits per heavy atom. The number of nitrogens with zero attached hydrogens (tertiary/aromatic N) is 1. The number of fused-ring (bicyclic) bond motifs is 6. The molecule has 2 amide bonds. The molecule has 0 spiro atoms. The fourth-order valence-corrected chi connectivity index (χ4v) is 5.57. The van der Waals surface area contributed by atoms with E-state index in [9.17, 15) is 9.59 Å². The summed E-state index contributed by atoms with van der Waals surface area (Å²) in [5.74, 6) is -0.281. The van der Waals surface area contributed by atoms with Gasteiger partial charge in [0.15, 0.2) is 0 Å². The normalized spacial score (nSPS) is 25.7. The Morgan fingerprint density at radius 1 is 0.778 bits per heavy atom. The molecule has 138 valence electrons. The lowest BCUT2D eigenvalue weighted by molar-refractivity contribution is -0.142. The molecule has 0 N–H and O–H groups in total. The number of hydrogen-bond donors (Lipinski definition) is 0. The smallest absolute Gasteiger partial charge is 0.238 e. The third-order valence-electron chi connectivity index (χ3n) is 6.96. The van der Waals surface area contributed by atoms with Gasteiger partial charge in [0, 0.05) is 6.04 Å². The Morgan fingerprint density at radius 2 is 1.26 bits per heavy atom. The Balaban J connectivity index is 1.61.